The van der Waals surface area contributed by atoms with Gasteiger partial charge < -0.3 is 4.74 Å². The van der Waals surface area contributed by atoms with Gasteiger partial charge in [0.05, 0.1) is 11.0 Å². The van der Waals surface area contributed by atoms with Crippen molar-refractivity contribution in [1.29, 1.82) is 0 Å². The number of rotatable bonds is 3. The van der Waals surface area contributed by atoms with Crippen molar-refractivity contribution in [2.24, 2.45) is 0 Å². The molecular weight excluding hydrogens is 382 g/mol. The van der Waals surface area contributed by atoms with Crippen molar-refractivity contribution in [2.75, 3.05) is 0 Å². The van der Waals surface area contributed by atoms with E-state index in [0.717, 1.165) is 0 Å². The molecule has 0 aliphatic rings. The Labute approximate surface area is 116 Å². The summed E-state index contributed by atoms with van der Waals surface area (Å²) in [4.78, 5) is 8.63. The maximum absolute atomic E-state index is 12.0. The fourth-order valence-electron chi connectivity index (χ4n) is 1.06. The lowest BCUT2D eigenvalue weighted by molar-refractivity contribution is -0.386. The number of nitro groups is 1. The second-order valence-electron chi connectivity index (χ2n) is 3.00. The first-order valence-corrected chi connectivity index (χ1v) is 7.20. The van der Waals surface area contributed by atoms with E-state index in [1.54, 1.807) is 0 Å². The van der Waals surface area contributed by atoms with Crippen LogP contribution in [0.1, 0.15) is 0 Å². The third-order valence-corrected chi connectivity index (χ3v) is 4.13. The average Bonchev–Trinajstić information content (AvgIpc) is 2.16. The van der Waals surface area contributed by atoms with Crippen molar-refractivity contribution in [2.45, 2.75) is 11.3 Å². The van der Waals surface area contributed by atoms with E-state index in [4.69, 9.17) is 10.7 Å². The summed E-state index contributed by atoms with van der Waals surface area (Å²) < 4.78 is 61.2. The molecule has 1 aromatic rings. The van der Waals surface area contributed by atoms with Gasteiger partial charge in [0, 0.05) is 16.7 Å². The Morgan fingerprint density at radius 3 is 2.26 bits per heavy atom. The quantitative estimate of drug-likeness (QED) is 0.454. The topological polar surface area (TPSA) is 86.5 Å². The minimum Gasteiger partial charge on any atom is -0.405 e. The predicted octanol–water partition coefficient (Wildman–Crippen LogP) is 3.18. The van der Waals surface area contributed by atoms with Gasteiger partial charge in [0.25, 0.3) is 14.7 Å². The third kappa shape index (κ3) is 4.21. The first-order chi connectivity index (χ1) is 8.42. The van der Waals surface area contributed by atoms with E-state index >= 15 is 0 Å². The highest BCUT2D eigenvalue weighted by Gasteiger charge is 2.34. The smallest absolute Gasteiger partial charge is 0.405 e. The third-order valence-electron chi connectivity index (χ3n) is 1.69. The minimum absolute atomic E-state index is 0.420. The Balaban J connectivity index is 3.54. The molecule has 19 heavy (non-hydrogen) atoms. The van der Waals surface area contributed by atoms with Crippen molar-refractivity contribution in [3.63, 3.8) is 0 Å². The first kappa shape index (κ1) is 16.0. The van der Waals surface area contributed by atoms with Crippen molar-refractivity contribution in [3.05, 3.63) is 26.7 Å². The van der Waals surface area contributed by atoms with E-state index in [1.165, 1.54) is 0 Å². The Hall–Kier alpha value is -1.07. The number of ether oxygens (including phenoxy) is 1. The van der Waals surface area contributed by atoms with Crippen molar-refractivity contribution in [3.8, 4) is 5.75 Å². The molecule has 0 aromatic heterocycles. The molecule has 0 fully saturated rings. The van der Waals surface area contributed by atoms with Crippen molar-refractivity contribution >= 4 is 41.4 Å². The van der Waals surface area contributed by atoms with Gasteiger partial charge in [-0.15, -0.1) is 13.2 Å². The van der Waals surface area contributed by atoms with E-state index in [9.17, 15) is 31.7 Å². The van der Waals surface area contributed by atoms with E-state index in [1.807, 2.05) is 0 Å². The highest BCUT2D eigenvalue weighted by Crippen LogP contribution is 2.38. The molecule has 0 radical (unpaired) electrons. The molecule has 6 nitrogen and oxygen atoms in total. The Morgan fingerprint density at radius 2 is 1.89 bits per heavy atom. The molecule has 0 aliphatic heterocycles. The number of alkyl halides is 3. The van der Waals surface area contributed by atoms with Crippen LogP contribution in [0.3, 0.4) is 0 Å². The highest BCUT2D eigenvalue weighted by atomic mass is 79.9. The molecule has 106 valence electrons. The van der Waals surface area contributed by atoms with Crippen LogP contribution in [-0.4, -0.2) is 19.7 Å². The second kappa shape index (κ2) is 5.13. The first-order valence-electron chi connectivity index (χ1n) is 4.10. The van der Waals surface area contributed by atoms with Gasteiger partial charge in [-0.05, 0) is 15.9 Å². The SMILES string of the molecule is O=[N+]([O-])c1cc(OC(F)(F)F)cc(S(=O)(=O)Cl)c1Br. The molecule has 0 saturated heterocycles. The zero-order valence-electron chi connectivity index (χ0n) is 8.44. The molecule has 1 aromatic carbocycles. The maximum Gasteiger partial charge on any atom is 0.573 e. The molecule has 0 spiro atoms. The summed E-state index contributed by atoms with van der Waals surface area (Å²) >= 11 is 2.59. The van der Waals surface area contributed by atoms with E-state index in [-0.39, 0.29) is 0 Å². The molecule has 0 aliphatic carbocycles. The Bertz CT molecular complexity index is 632. The highest BCUT2D eigenvalue weighted by molar-refractivity contribution is 9.10. The lowest BCUT2D eigenvalue weighted by atomic mass is 10.3. The van der Waals surface area contributed by atoms with E-state index in [0.29, 0.717) is 12.1 Å². The van der Waals surface area contributed by atoms with Crippen molar-refractivity contribution < 1.29 is 31.2 Å². The summed E-state index contributed by atoms with van der Waals surface area (Å²) in [6, 6.07) is 0.843. The standard InChI is InChI=1S/C7H2BrClF3NO5S/c8-6-4(13(14)15)1-3(18-7(10,11)12)2-5(6)19(9,16)17/h1-2H. The molecule has 12 heteroatoms. The van der Waals surface area contributed by atoms with Crippen LogP contribution < -0.4 is 4.74 Å². The van der Waals surface area contributed by atoms with Crippen LogP contribution in [0.2, 0.25) is 0 Å². The summed E-state index contributed by atoms with van der Waals surface area (Å²) in [6.45, 7) is 0. The van der Waals surface area contributed by atoms with Gasteiger partial charge in [-0.3, -0.25) is 10.1 Å². The summed E-state index contributed by atoms with van der Waals surface area (Å²) in [5.41, 5.74) is -0.930. The minimum atomic E-state index is -5.13. The fourth-order valence-corrected chi connectivity index (χ4v) is 3.29. The van der Waals surface area contributed by atoms with Gasteiger partial charge in [0.15, 0.2) is 0 Å². The number of nitro benzene ring substituents is 1. The second-order valence-corrected chi connectivity index (χ2v) is 6.32. The molecule has 0 saturated carbocycles. The number of hydrogen-bond donors (Lipinski definition) is 0. The molecule has 0 heterocycles. The normalized spacial score (nSPS) is 12.3. The molecular formula is C7H2BrClF3NO5S. The van der Waals surface area contributed by atoms with Crippen molar-refractivity contribution in [1.82, 2.24) is 0 Å². The number of benzene rings is 1. The number of nitrogens with zero attached hydrogens (tertiary/aromatic N) is 1. The lowest BCUT2D eigenvalue weighted by Crippen LogP contribution is -2.17. The summed E-state index contributed by atoms with van der Waals surface area (Å²) in [5.74, 6) is -1.07. The Morgan fingerprint density at radius 1 is 1.37 bits per heavy atom. The van der Waals surface area contributed by atoms with Crippen LogP contribution >= 0.6 is 26.6 Å². The zero-order valence-corrected chi connectivity index (χ0v) is 11.6. The summed E-state index contributed by atoms with van der Waals surface area (Å²) in [5, 5.41) is 10.6. The monoisotopic (exact) mass is 383 g/mol. The largest absolute Gasteiger partial charge is 0.573 e. The van der Waals surface area contributed by atoms with Gasteiger partial charge in [-0.1, -0.05) is 0 Å². The van der Waals surface area contributed by atoms with Crippen LogP contribution in [-0.2, 0) is 9.05 Å². The van der Waals surface area contributed by atoms with Gasteiger partial charge in [0.2, 0.25) is 0 Å². The molecule has 0 unspecified atom stereocenters. The number of hydrogen-bond acceptors (Lipinski definition) is 5. The van der Waals surface area contributed by atoms with E-state index < -0.39 is 41.1 Å². The molecule has 0 bridgehead atoms. The van der Waals surface area contributed by atoms with Gasteiger partial charge in [-0.25, -0.2) is 8.42 Å². The van der Waals surface area contributed by atoms with Crippen LogP contribution in [0.15, 0.2) is 21.5 Å². The van der Waals surface area contributed by atoms with Gasteiger partial charge >= 0.3 is 6.36 Å². The lowest BCUT2D eigenvalue weighted by Gasteiger charge is -2.10. The fraction of sp³-hybridized carbons (Fsp3) is 0.143. The van der Waals surface area contributed by atoms with E-state index in [2.05, 4.69) is 20.7 Å². The zero-order chi connectivity index (χ0) is 15.0. The Kier molecular flexibility index (Phi) is 4.32. The van der Waals surface area contributed by atoms with Crippen LogP contribution in [0.4, 0.5) is 18.9 Å². The molecule has 1 rings (SSSR count). The van der Waals surface area contributed by atoms with Gasteiger partial charge in [-0.2, -0.15) is 0 Å². The summed E-state index contributed by atoms with van der Waals surface area (Å²) in [7, 11) is 0.472. The molecule has 0 N–H and O–H groups in total. The maximum atomic E-state index is 12.0. The van der Waals surface area contributed by atoms with Gasteiger partial charge in [0.1, 0.15) is 15.1 Å². The number of halogens is 5. The molecule has 0 amide bonds. The average molecular weight is 385 g/mol. The predicted molar refractivity (Wildman–Crippen MR) is 60.5 cm³/mol. The van der Waals surface area contributed by atoms with Crippen LogP contribution in [0.25, 0.3) is 0 Å². The summed E-state index contributed by atoms with van der Waals surface area (Å²) in [6.07, 6.45) is -5.13. The van der Waals surface area contributed by atoms with Crippen LogP contribution in [0, 0.1) is 10.1 Å². The van der Waals surface area contributed by atoms with Crippen LogP contribution in [0.5, 0.6) is 5.75 Å². The molecule has 0 atom stereocenters.